The number of carbonyl (C=O) groups excluding carboxylic acids is 1. The van der Waals surface area contributed by atoms with Crippen molar-refractivity contribution in [3.05, 3.63) is 83.2 Å². The minimum Gasteiger partial charge on any atom is -0.378 e. The number of aliphatic hydroxyl groups excluding tert-OH is 1. The third-order valence-corrected chi connectivity index (χ3v) is 6.52. The van der Waals surface area contributed by atoms with Crippen LogP contribution >= 0.6 is 11.6 Å². The molecule has 5 rings (SSSR count). The van der Waals surface area contributed by atoms with Crippen LogP contribution in [0.1, 0.15) is 30.2 Å². The van der Waals surface area contributed by atoms with E-state index < -0.39 is 6.10 Å². The van der Waals surface area contributed by atoms with E-state index in [-0.39, 0.29) is 17.6 Å². The van der Waals surface area contributed by atoms with Crippen LogP contribution in [0.3, 0.4) is 0 Å². The van der Waals surface area contributed by atoms with Gasteiger partial charge in [0.2, 0.25) is 0 Å². The predicted molar refractivity (Wildman–Crippen MR) is 126 cm³/mol. The number of hydrogen-bond donors (Lipinski definition) is 1. The Morgan fingerprint density at radius 1 is 1.21 bits per heavy atom. The number of rotatable bonds is 5. The van der Waals surface area contributed by atoms with Crippen LogP contribution in [0.4, 0.5) is 4.39 Å². The van der Waals surface area contributed by atoms with Crippen molar-refractivity contribution in [2.45, 2.75) is 25.4 Å². The molecule has 7 nitrogen and oxygen atoms in total. The van der Waals surface area contributed by atoms with Crippen LogP contribution < -0.4 is 0 Å². The van der Waals surface area contributed by atoms with Crippen LogP contribution in [0.15, 0.2) is 61.1 Å². The second-order valence-corrected chi connectivity index (χ2v) is 8.92. The van der Waals surface area contributed by atoms with Gasteiger partial charge < -0.3 is 10.0 Å². The fourth-order valence-electron chi connectivity index (χ4n) is 4.48. The number of amides is 1. The zero-order valence-electron chi connectivity index (χ0n) is 18.3. The van der Waals surface area contributed by atoms with E-state index in [0.717, 1.165) is 18.5 Å². The lowest BCUT2D eigenvalue weighted by atomic mass is 9.92. The summed E-state index contributed by atoms with van der Waals surface area (Å²) >= 11 is 6.17. The Morgan fingerprint density at radius 2 is 2.06 bits per heavy atom. The molecule has 174 valence electrons. The molecule has 0 aliphatic carbocycles. The van der Waals surface area contributed by atoms with Gasteiger partial charge in [0, 0.05) is 41.8 Å². The fourth-order valence-corrected chi connectivity index (χ4v) is 4.72. The van der Waals surface area contributed by atoms with Gasteiger partial charge in [0.1, 0.15) is 17.2 Å². The molecule has 1 fully saturated rings. The first kappa shape index (κ1) is 22.4. The third-order valence-electron chi connectivity index (χ3n) is 6.17. The maximum absolute atomic E-state index is 13.7. The van der Waals surface area contributed by atoms with E-state index in [1.807, 2.05) is 6.07 Å². The number of carbonyl (C=O) groups is 1. The van der Waals surface area contributed by atoms with E-state index in [0.29, 0.717) is 47.3 Å². The summed E-state index contributed by atoms with van der Waals surface area (Å²) in [6.07, 6.45) is 5.85. The summed E-state index contributed by atoms with van der Waals surface area (Å²) in [7, 11) is 0. The molecule has 1 N–H and O–H groups in total. The molecule has 1 aliphatic rings. The van der Waals surface area contributed by atoms with Crippen LogP contribution in [0.25, 0.3) is 17.2 Å². The molecule has 9 heteroatoms. The quantitative estimate of drug-likeness (QED) is 0.466. The van der Waals surface area contributed by atoms with Crippen molar-refractivity contribution in [1.29, 1.82) is 0 Å². The van der Waals surface area contributed by atoms with Crippen LogP contribution in [0, 0.1) is 11.7 Å². The molecular formula is C25H23ClFN5O2. The highest BCUT2D eigenvalue weighted by Crippen LogP contribution is 2.27. The molecule has 1 saturated heterocycles. The summed E-state index contributed by atoms with van der Waals surface area (Å²) in [6, 6.07) is 11.7. The zero-order valence-corrected chi connectivity index (χ0v) is 19.1. The van der Waals surface area contributed by atoms with Gasteiger partial charge in [0.05, 0.1) is 6.20 Å². The van der Waals surface area contributed by atoms with Gasteiger partial charge in [0.15, 0.2) is 11.9 Å². The fraction of sp³-hybridized carbons (Fsp3) is 0.280. The Labute approximate surface area is 200 Å². The molecule has 1 amide bonds. The molecule has 0 radical (unpaired) electrons. The zero-order chi connectivity index (χ0) is 23.7. The van der Waals surface area contributed by atoms with Crippen LogP contribution in [-0.2, 0) is 11.2 Å². The number of piperidine rings is 1. The van der Waals surface area contributed by atoms with E-state index in [9.17, 15) is 14.3 Å². The van der Waals surface area contributed by atoms with Crippen molar-refractivity contribution < 1.29 is 14.3 Å². The largest absolute Gasteiger partial charge is 0.378 e. The van der Waals surface area contributed by atoms with Crippen molar-refractivity contribution in [1.82, 2.24) is 24.3 Å². The Hall–Kier alpha value is -3.36. The predicted octanol–water partition coefficient (Wildman–Crippen LogP) is 4.10. The molecule has 3 aromatic heterocycles. The Balaban J connectivity index is 1.31. The molecule has 1 aromatic carbocycles. The minimum absolute atomic E-state index is 0.193. The normalized spacial score (nSPS) is 17.1. The van der Waals surface area contributed by atoms with E-state index in [4.69, 9.17) is 11.6 Å². The first-order chi connectivity index (χ1) is 16.5. The maximum Gasteiger partial charge on any atom is 0.256 e. The SMILES string of the molecule is O=C([C@H](O)c1ccccc1Cl)N1CCC[C@@H](Cc2ccnc(-c3cnc4ccc(F)cn34)n2)C1. The second-order valence-electron chi connectivity index (χ2n) is 8.51. The summed E-state index contributed by atoms with van der Waals surface area (Å²) < 4.78 is 15.4. The summed E-state index contributed by atoms with van der Waals surface area (Å²) in [5.41, 5.74) is 2.48. The molecule has 34 heavy (non-hydrogen) atoms. The highest BCUT2D eigenvalue weighted by molar-refractivity contribution is 6.31. The first-order valence-electron chi connectivity index (χ1n) is 11.2. The average Bonchev–Trinajstić information content (AvgIpc) is 3.27. The van der Waals surface area contributed by atoms with E-state index in [2.05, 4.69) is 15.0 Å². The lowest BCUT2D eigenvalue weighted by Crippen LogP contribution is -2.43. The van der Waals surface area contributed by atoms with Crippen molar-refractivity contribution >= 4 is 23.2 Å². The summed E-state index contributed by atoms with van der Waals surface area (Å²) in [5.74, 6) is -0.0465. The minimum atomic E-state index is -1.28. The van der Waals surface area contributed by atoms with Crippen molar-refractivity contribution in [3.8, 4) is 11.5 Å². The highest BCUT2D eigenvalue weighted by Gasteiger charge is 2.30. The van der Waals surface area contributed by atoms with Gasteiger partial charge >= 0.3 is 0 Å². The number of aliphatic hydroxyl groups is 1. The van der Waals surface area contributed by atoms with Crippen LogP contribution in [0.2, 0.25) is 5.02 Å². The molecule has 0 unspecified atom stereocenters. The molecular weight excluding hydrogens is 457 g/mol. The van der Waals surface area contributed by atoms with Gasteiger partial charge in [-0.2, -0.15) is 0 Å². The average molecular weight is 480 g/mol. The topological polar surface area (TPSA) is 83.6 Å². The third kappa shape index (κ3) is 4.51. The molecule has 1 aliphatic heterocycles. The van der Waals surface area contributed by atoms with E-state index in [1.54, 1.807) is 52.0 Å². The smallest absolute Gasteiger partial charge is 0.256 e. The Kier molecular flexibility index (Phi) is 6.26. The van der Waals surface area contributed by atoms with Gasteiger partial charge in [0.25, 0.3) is 5.91 Å². The highest BCUT2D eigenvalue weighted by atomic mass is 35.5. The first-order valence-corrected chi connectivity index (χ1v) is 11.5. The Bertz CT molecular complexity index is 1340. The number of benzene rings is 1. The van der Waals surface area contributed by atoms with Gasteiger partial charge in [-0.05, 0) is 49.4 Å². The lowest BCUT2D eigenvalue weighted by molar-refractivity contribution is -0.142. The maximum atomic E-state index is 13.7. The van der Waals surface area contributed by atoms with E-state index >= 15 is 0 Å². The summed E-state index contributed by atoms with van der Waals surface area (Å²) in [4.78, 5) is 28.0. The summed E-state index contributed by atoms with van der Waals surface area (Å²) in [6.45, 7) is 1.12. The molecule has 2 atom stereocenters. The lowest BCUT2D eigenvalue weighted by Gasteiger charge is -2.34. The number of nitrogens with zero attached hydrogens (tertiary/aromatic N) is 5. The second kappa shape index (κ2) is 9.48. The number of hydrogen-bond acceptors (Lipinski definition) is 5. The van der Waals surface area contributed by atoms with Gasteiger partial charge in [-0.15, -0.1) is 0 Å². The van der Waals surface area contributed by atoms with Crippen LogP contribution in [-0.4, -0.2) is 48.4 Å². The number of halogens is 2. The van der Waals surface area contributed by atoms with Gasteiger partial charge in [-0.3, -0.25) is 9.20 Å². The number of pyridine rings is 1. The molecule has 4 aromatic rings. The molecule has 4 heterocycles. The summed E-state index contributed by atoms with van der Waals surface area (Å²) in [5, 5.41) is 11.0. The van der Waals surface area contributed by atoms with E-state index in [1.165, 1.54) is 12.3 Å². The van der Waals surface area contributed by atoms with Crippen molar-refractivity contribution in [2.75, 3.05) is 13.1 Å². The van der Waals surface area contributed by atoms with Gasteiger partial charge in [-0.25, -0.2) is 19.3 Å². The standard InChI is InChI=1S/C25H23ClFN5O2/c26-20-6-2-1-5-19(20)23(33)25(34)31-11-3-4-16(14-31)12-18-9-10-28-24(30-18)21-13-29-22-8-7-17(27)15-32(21)22/h1-2,5-10,13,15-16,23,33H,3-4,11-12,14H2/t16-,23+/m0/s1. The number of fused-ring (bicyclic) bond motifs is 1. The number of aromatic nitrogens is 4. The van der Waals surface area contributed by atoms with Crippen LogP contribution in [0.5, 0.6) is 0 Å². The Morgan fingerprint density at radius 3 is 2.91 bits per heavy atom. The molecule has 0 spiro atoms. The number of likely N-dealkylation sites (tertiary alicyclic amines) is 1. The van der Waals surface area contributed by atoms with Crippen molar-refractivity contribution in [2.24, 2.45) is 5.92 Å². The van der Waals surface area contributed by atoms with Gasteiger partial charge in [-0.1, -0.05) is 29.8 Å². The number of imidazole rings is 1. The van der Waals surface area contributed by atoms with Crippen molar-refractivity contribution in [3.63, 3.8) is 0 Å². The molecule has 0 saturated carbocycles. The monoisotopic (exact) mass is 479 g/mol. The molecule has 0 bridgehead atoms.